The Kier molecular flexibility index (Phi) is 5.72. The Morgan fingerprint density at radius 2 is 1.82 bits per heavy atom. The van der Waals surface area contributed by atoms with Crippen LogP contribution in [0.3, 0.4) is 0 Å². The number of carbonyl (C=O) groups excluding carboxylic acids is 1. The molecule has 0 aromatic carbocycles. The van der Waals surface area contributed by atoms with E-state index >= 15 is 0 Å². The molecule has 0 unspecified atom stereocenters. The van der Waals surface area contributed by atoms with Crippen molar-refractivity contribution < 1.29 is 9.53 Å². The number of hydrogen-bond acceptors (Lipinski definition) is 8. The fraction of sp³-hybridized carbons (Fsp3) is 0.579. The monoisotopic (exact) mass is 402 g/mol. The summed E-state index contributed by atoms with van der Waals surface area (Å²) in [5.41, 5.74) is 1.48. The normalized spacial score (nSPS) is 18.4. The van der Waals surface area contributed by atoms with Gasteiger partial charge in [-0.05, 0) is 38.8 Å². The number of rotatable bonds is 4. The van der Waals surface area contributed by atoms with Crippen molar-refractivity contribution >= 4 is 28.2 Å². The van der Waals surface area contributed by atoms with Crippen LogP contribution < -0.4 is 15.1 Å². The molecule has 4 heterocycles. The Labute approximate surface area is 168 Å². The van der Waals surface area contributed by atoms with Crippen LogP contribution in [0, 0.1) is 13.8 Å². The van der Waals surface area contributed by atoms with Gasteiger partial charge in [0.05, 0.1) is 5.69 Å². The van der Waals surface area contributed by atoms with Gasteiger partial charge >= 0.3 is 0 Å². The summed E-state index contributed by atoms with van der Waals surface area (Å²) in [5.74, 6) is 0.652. The minimum atomic E-state index is -0.162. The number of amides is 1. The highest BCUT2D eigenvalue weighted by Gasteiger charge is 2.22. The Morgan fingerprint density at radius 3 is 2.43 bits per heavy atom. The molecule has 2 aromatic rings. The van der Waals surface area contributed by atoms with E-state index in [1.54, 1.807) is 17.4 Å². The third kappa shape index (κ3) is 4.25. The van der Waals surface area contributed by atoms with Gasteiger partial charge in [-0.3, -0.25) is 4.79 Å². The third-order valence-electron chi connectivity index (χ3n) is 5.33. The Hall–Kier alpha value is -2.26. The first-order chi connectivity index (χ1) is 13.6. The number of nitrogens with one attached hydrogen (secondary N) is 1. The fourth-order valence-corrected chi connectivity index (χ4v) is 4.40. The molecule has 28 heavy (non-hydrogen) atoms. The van der Waals surface area contributed by atoms with Crippen LogP contribution in [0.25, 0.3) is 0 Å². The molecule has 0 saturated carbocycles. The lowest BCUT2D eigenvalue weighted by Gasteiger charge is -2.35. The highest BCUT2D eigenvalue weighted by atomic mass is 32.1. The smallest absolute Gasteiger partial charge is 0.272 e. The van der Waals surface area contributed by atoms with Crippen molar-refractivity contribution in [2.75, 3.05) is 49.2 Å². The summed E-state index contributed by atoms with van der Waals surface area (Å²) in [6.07, 6.45) is 1.69. The molecular formula is C19H26N6O2S. The molecule has 0 radical (unpaired) electrons. The quantitative estimate of drug-likeness (QED) is 0.835. The zero-order valence-electron chi connectivity index (χ0n) is 16.3. The summed E-state index contributed by atoms with van der Waals surface area (Å²) < 4.78 is 5.32. The Morgan fingerprint density at radius 1 is 1.11 bits per heavy atom. The maximum Gasteiger partial charge on any atom is 0.272 e. The number of aromatic nitrogens is 3. The number of hydrogen-bond donors (Lipinski definition) is 1. The minimum Gasteiger partial charge on any atom is -0.381 e. The summed E-state index contributed by atoms with van der Waals surface area (Å²) in [7, 11) is 0. The lowest BCUT2D eigenvalue weighted by atomic mass is 10.1. The van der Waals surface area contributed by atoms with Gasteiger partial charge in [-0.1, -0.05) is 0 Å². The van der Waals surface area contributed by atoms with Crippen molar-refractivity contribution in [2.24, 2.45) is 0 Å². The second kappa shape index (κ2) is 8.40. The number of ether oxygens (including phenoxy) is 1. The molecule has 2 saturated heterocycles. The van der Waals surface area contributed by atoms with Crippen LogP contribution in [0.5, 0.6) is 0 Å². The highest BCUT2D eigenvalue weighted by Crippen LogP contribution is 2.26. The van der Waals surface area contributed by atoms with Gasteiger partial charge in [0.1, 0.15) is 0 Å². The van der Waals surface area contributed by atoms with Gasteiger partial charge in [0.2, 0.25) is 0 Å². The van der Waals surface area contributed by atoms with Crippen LogP contribution >= 0.6 is 11.3 Å². The van der Waals surface area contributed by atoms with Gasteiger partial charge in [0.25, 0.3) is 5.91 Å². The van der Waals surface area contributed by atoms with Crippen molar-refractivity contribution in [3.05, 3.63) is 28.4 Å². The Bertz CT molecular complexity index is 791. The molecule has 0 bridgehead atoms. The SMILES string of the molecule is Cc1nc(N2CCN(c3ccc(C(=O)NC4CCOCC4)nn3)CC2)sc1C. The van der Waals surface area contributed by atoms with Gasteiger partial charge in [0.15, 0.2) is 16.6 Å². The zero-order chi connectivity index (χ0) is 19.5. The average Bonchev–Trinajstić information content (AvgIpc) is 3.07. The number of aryl methyl sites for hydroxylation is 2. The molecule has 150 valence electrons. The van der Waals surface area contributed by atoms with Crippen LogP contribution in [-0.4, -0.2) is 66.5 Å². The molecule has 4 rings (SSSR count). The topological polar surface area (TPSA) is 83.5 Å². The van der Waals surface area contributed by atoms with Crippen molar-refractivity contribution in [3.63, 3.8) is 0 Å². The van der Waals surface area contributed by atoms with E-state index < -0.39 is 0 Å². The van der Waals surface area contributed by atoms with E-state index in [0.29, 0.717) is 18.9 Å². The third-order valence-corrected chi connectivity index (χ3v) is 6.46. The van der Waals surface area contributed by atoms with Gasteiger partial charge in [-0.25, -0.2) is 4.98 Å². The van der Waals surface area contributed by atoms with Gasteiger partial charge in [-0.15, -0.1) is 21.5 Å². The molecule has 0 atom stereocenters. The highest BCUT2D eigenvalue weighted by molar-refractivity contribution is 7.15. The van der Waals surface area contributed by atoms with Crippen LogP contribution in [0.15, 0.2) is 12.1 Å². The van der Waals surface area contributed by atoms with E-state index in [1.807, 2.05) is 6.07 Å². The molecule has 1 amide bonds. The van der Waals surface area contributed by atoms with Crippen LogP contribution in [0.1, 0.15) is 33.9 Å². The maximum absolute atomic E-state index is 12.3. The average molecular weight is 403 g/mol. The molecule has 2 aromatic heterocycles. The molecule has 2 fully saturated rings. The summed E-state index contributed by atoms with van der Waals surface area (Å²) in [5, 5.41) is 12.6. The number of piperazine rings is 1. The van der Waals surface area contributed by atoms with Crippen molar-refractivity contribution in [3.8, 4) is 0 Å². The minimum absolute atomic E-state index is 0.161. The largest absolute Gasteiger partial charge is 0.381 e. The first-order valence-electron chi connectivity index (χ1n) is 9.76. The van der Waals surface area contributed by atoms with Crippen molar-refractivity contribution in [1.29, 1.82) is 0 Å². The summed E-state index contributed by atoms with van der Waals surface area (Å²) in [6.45, 7) is 9.09. The summed E-state index contributed by atoms with van der Waals surface area (Å²) >= 11 is 1.75. The number of carbonyl (C=O) groups is 1. The van der Waals surface area contributed by atoms with Gasteiger partial charge in [0, 0.05) is 50.3 Å². The van der Waals surface area contributed by atoms with E-state index in [1.165, 1.54) is 4.88 Å². The first-order valence-corrected chi connectivity index (χ1v) is 10.6. The van der Waals surface area contributed by atoms with Gasteiger partial charge in [-0.2, -0.15) is 0 Å². The molecule has 0 aliphatic carbocycles. The predicted molar refractivity (Wildman–Crippen MR) is 109 cm³/mol. The molecule has 0 spiro atoms. The zero-order valence-corrected chi connectivity index (χ0v) is 17.2. The predicted octanol–water partition coefficient (Wildman–Crippen LogP) is 1.79. The second-order valence-corrected chi connectivity index (χ2v) is 8.43. The summed E-state index contributed by atoms with van der Waals surface area (Å²) in [4.78, 5) is 22.8. The van der Waals surface area contributed by atoms with Crippen LogP contribution in [0.4, 0.5) is 10.9 Å². The summed E-state index contributed by atoms with van der Waals surface area (Å²) in [6, 6.07) is 3.81. The number of thiazole rings is 1. The van der Waals surface area contributed by atoms with E-state index in [9.17, 15) is 4.79 Å². The van der Waals surface area contributed by atoms with Crippen molar-refractivity contribution in [2.45, 2.75) is 32.7 Å². The molecule has 2 aliphatic heterocycles. The number of anilines is 2. The Balaban J connectivity index is 1.32. The first kappa shape index (κ1) is 19.1. The van der Waals surface area contributed by atoms with Gasteiger partial charge < -0.3 is 19.9 Å². The van der Waals surface area contributed by atoms with E-state index in [-0.39, 0.29) is 11.9 Å². The standard InChI is InChI=1S/C19H26N6O2S/c1-13-14(2)28-19(20-13)25-9-7-24(8-10-25)17-4-3-16(22-23-17)18(26)21-15-5-11-27-12-6-15/h3-4,15H,5-12H2,1-2H3,(H,21,26). The van der Waals surface area contributed by atoms with E-state index in [2.05, 4.69) is 44.1 Å². The molecule has 8 nitrogen and oxygen atoms in total. The van der Waals surface area contributed by atoms with Crippen LogP contribution in [-0.2, 0) is 4.74 Å². The molecule has 2 aliphatic rings. The lowest BCUT2D eigenvalue weighted by molar-refractivity contribution is 0.0693. The maximum atomic E-state index is 12.3. The second-order valence-electron chi connectivity index (χ2n) is 7.25. The fourth-order valence-electron chi connectivity index (χ4n) is 3.43. The molecule has 1 N–H and O–H groups in total. The van der Waals surface area contributed by atoms with Crippen LogP contribution in [0.2, 0.25) is 0 Å². The molecule has 9 heteroatoms. The van der Waals surface area contributed by atoms with E-state index in [0.717, 1.165) is 55.7 Å². The lowest BCUT2D eigenvalue weighted by Crippen LogP contribution is -2.47. The van der Waals surface area contributed by atoms with Crippen molar-refractivity contribution in [1.82, 2.24) is 20.5 Å². The van der Waals surface area contributed by atoms with E-state index in [4.69, 9.17) is 4.74 Å². The molecular weight excluding hydrogens is 376 g/mol. The number of nitrogens with zero attached hydrogens (tertiary/aromatic N) is 5.